The molecule has 2 amide bonds. The van der Waals surface area contributed by atoms with Gasteiger partial charge in [-0.15, -0.1) is 0 Å². The second-order valence-electron chi connectivity index (χ2n) is 3.97. The van der Waals surface area contributed by atoms with E-state index >= 15 is 0 Å². The first-order valence-corrected chi connectivity index (χ1v) is 5.34. The molecule has 1 aromatic heterocycles. The zero-order chi connectivity index (χ0) is 12.4. The highest BCUT2D eigenvalue weighted by molar-refractivity contribution is 6.02. The summed E-state index contributed by atoms with van der Waals surface area (Å²) in [4.78, 5) is 28.6. The molecule has 0 bridgehead atoms. The number of imide groups is 1. The van der Waals surface area contributed by atoms with Crippen molar-refractivity contribution < 1.29 is 9.59 Å². The number of carbonyl (C=O) groups is 2. The molecule has 1 saturated heterocycles. The van der Waals surface area contributed by atoms with Crippen LogP contribution >= 0.6 is 0 Å². The summed E-state index contributed by atoms with van der Waals surface area (Å²) in [5.41, 5.74) is 7.29. The number of nitrogens with zero attached hydrogens (tertiary/aromatic N) is 2. The van der Waals surface area contributed by atoms with E-state index in [1.165, 1.54) is 0 Å². The first kappa shape index (κ1) is 11.5. The number of piperazine rings is 1. The molecule has 3 N–H and O–H groups in total. The Morgan fingerprint density at radius 3 is 2.59 bits per heavy atom. The summed E-state index contributed by atoms with van der Waals surface area (Å²) in [5, 5.41) is 2.25. The topological polar surface area (TPSA) is 88.3 Å². The molecular weight excluding hydrogens is 220 g/mol. The van der Waals surface area contributed by atoms with Gasteiger partial charge in [0, 0.05) is 17.8 Å². The molecule has 90 valence electrons. The van der Waals surface area contributed by atoms with E-state index in [0.29, 0.717) is 12.4 Å². The first-order valence-electron chi connectivity index (χ1n) is 5.34. The molecule has 1 aliphatic heterocycles. The number of nitrogens with one attached hydrogen (secondary N) is 1. The molecule has 6 nitrogen and oxygen atoms in total. The van der Waals surface area contributed by atoms with Crippen LogP contribution in [0.15, 0.2) is 12.1 Å². The van der Waals surface area contributed by atoms with Crippen LogP contribution in [0.1, 0.15) is 11.3 Å². The molecule has 1 fully saturated rings. The SMILES string of the molecule is Cc1ccc(CN)c(N2CC(=O)NC(=O)C2)n1. The molecule has 2 heterocycles. The maximum Gasteiger partial charge on any atom is 0.246 e. The van der Waals surface area contributed by atoms with Gasteiger partial charge < -0.3 is 10.6 Å². The van der Waals surface area contributed by atoms with E-state index in [0.717, 1.165) is 11.3 Å². The van der Waals surface area contributed by atoms with Crippen LogP contribution in [0, 0.1) is 6.92 Å². The predicted octanol–water partition coefficient (Wildman–Crippen LogP) is -0.688. The fourth-order valence-corrected chi connectivity index (χ4v) is 1.79. The smallest absolute Gasteiger partial charge is 0.246 e. The van der Waals surface area contributed by atoms with E-state index in [2.05, 4.69) is 10.3 Å². The van der Waals surface area contributed by atoms with Crippen LogP contribution in [-0.4, -0.2) is 29.9 Å². The molecular formula is C11H14N4O2. The van der Waals surface area contributed by atoms with E-state index in [-0.39, 0.29) is 24.9 Å². The third-order valence-corrected chi connectivity index (χ3v) is 2.56. The number of hydrogen-bond acceptors (Lipinski definition) is 5. The van der Waals surface area contributed by atoms with Crippen LogP contribution in [0.3, 0.4) is 0 Å². The second-order valence-corrected chi connectivity index (χ2v) is 3.97. The van der Waals surface area contributed by atoms with E-state index in [9.17, 15) is 9.59 Å². The van der Waals surface area contributed by atoms with Crippen molar-refractivity contribution in [2.45, 2.75) is 13.5 Å². The molecule has 2 rings (SSSR count). The Balaban J connectivity index is 2.35. The number of aryl methyl sites for hydroxylation is 1. The fourth-order valence-electron chi connectivity index (χ4n) is 1.79. The minimum atomic E-state index is -0.312. The molecule has 1 aromatic rings. The van der Waals surface area contributed by atoms with Crippen molar-refractivity contribution in [2.75, 3.05) is 18.0 Å². The molecule has 0 atom stereocenters. The van der Waals surface area contributed by atoms with Gasteiger partial charge in [-0.3, -0.25) is 14.9 Å². The average molecular weight is 234 g/mol. The Morgan fingerprint density at radius 1 is 1.35 bits per heavy atom. The van der Waals surface area contributed by atoms with Crippen LogP contribution in [0.25, 0.3) is 0 Å². The molecule has 0 aromatic carbocycles. The van der Waals surface area contributed by atoms with Crippen LogP contribution in [0.5, 0.6) is 0 Å². The maximum absolute atomic E-state index is 11.3. The zero-order valence-electron chi connectivity index (χ0n) is 9.56. The number of amides is 2. The van der Waals surface area contributed by atoms with Crippen molar-refractivity contribution in [1.29, 1.82) is 0 Å². The van der Waals surface area contributed by atoms with E-state index < -0.39 is 0 Å². The van der Waals surface area contributed by atoms with Crippen LogP contribution < -0.4 is 16.0 Å². The van der Waals surface area contributed by atoms with E-state index in [1.54, 1.807) is 4.90 Å². The summed E-state index contributed by atoms with van der Waals surface area (Å²) in [6, 6.07) is 3.73. The molecule has 17 heavy (non-hydrogen) atoms. The van der Waals surface area contributed by atoms with E-state index in [1.807, 2.05) is 19.1 Å². The lowest BCUT2D eigenvalue weighted by atomic mass is 10.2. The van der Waals surface area contributed by atoms with Gasteiger partial charge in [0.15, 0.2) is 0 Å². The van der Waals surface area contributed by atoms with Crippen molar-refractivity contribution in [3.05, 3.63) is 23.4 Å². The predicted molar refractivity (Wildman–Crippen MR) is 62.2 cm³/mol. The molecule has 0 unspecified atom stereocenters. The highest BCUT2D eigenvalue weighted by atomic mass is 16.2. The standard InChI is InChI=1S/C11H14N4O2/c1-7-2-3-8(4-12)11(13-7)15-5-9(16)14-10(17)6-15/h2-3H,4-6,12H2,1H3,(H,14,16,17). The van der Waals surface area contributed by atoms with Gasteiger partial charge in [-0.2, -0.15) is 0 Å². The van der Waals surface area contributed by atoms with Gasteiger partial charge in [0.1, 0.15) is 5.82 Å². The highest BCUT2D eigenvalue weighted by Crippen LogP contribution is 2.18. The third-order valence-electron chi connectivity index (χ3n) is 2.56. The number of aromatic nitrogens is 1. The molecule has 0 spiro atoms. The lowest BCUT2D eigenvalue weighted by Crippen LogP contribution is -2.52. The molecule has 0 radical (unpaired) electrons. The zero-order valence-corrected chi connectivity index (χ0v) is 9.56. The second kappa shape index (κ2) is 4.50. The normalized spacial score (nSPS) is 16.0. The van der Waals surface area contributed by atoms with Gasteiger partial charge in [0.2, 0.25) is 11.8 Å². The fraction of sp³-hybridized carbons (Fsp3) is 0.364. The van der Waals surface area contributed by atoms with Crippen molar-refractivity contribution in [1.82, 2.24) is 10.3 Å². The van der Waals surface area contributed by atoms with Gasteiger partial charge in [-0.05, 0) is 13.0 Å². The summed E-state index contributed by atoms with van der Waals surface area (Å²) in [7, 11) is 0. The van der Waals surface area contributed by atoms with Crippen LogP contribution in [-0.2, 0) is 16.1 Å². The Kier molecular flexibility index (Phi) is 3.06. The van der Waals surface area contributed by atoms with Gasteiger partial charge in [-0.25, -0.2) is 4.98 Å². The number of anilines is 1. The number of hydrogen-bond donors (Lipinski definition) is 2. The number of carbonyl (C=O) groups excluding carboxylic acids is 2. The van der Waals surface area contributed by atoms with Gasteiger partial charge in [-0.1, -0.05) is 6.07 Å². The first-order chi connectivity index (χ1) is 8.10. The van der Waals surface area contributed by atoms with Crippen LogP contribution in [0.2, 0.25) is 0 Å². The molecule has 1 aliphatic rings. The van der Waals surface area contributed by atoms with Crippen molar-refractivity contribution in [3.8, 4) is 0 Å². The lowest BCUT2D eigenvalue weighted by molar-refractivity contribution is -0.130. The van der Waals surface area contributed by atoms with Gasteiger partial charge >= 0.3 is 0 Å². The van der Waals surface area contributed by atoms with Crippen LogP contribution in [0.4, 0.5) is 5.82 Å². The lowest BCUT2D eigenvalue weighted by Gasteiger charge is -2.28. The molecule has 6 heteroatoms. The largest absolute Gasteiger partial charge is 0.338 e. The minimum Gasteiger partial charge on any atom is -0.338 e. The Bertz CT molecular complexity index is 457. The summed E-state index contributed by atoms with van der Waals surface area (Å²) in [5.74, 6) is -0.00393. The number of rotatable bonds is 2. The average Bonchev–Trinajstić information content (AvgIpc) is 2.27. The van der Waals surface area contributed by atoms with Gasteiger partial charge in [0.05, 0.1) is 13.1 Å². The molecule has 0 saturated carbocycles. The van der Waals surface area contributed by atoms with Crippen molar-refractivity contribution in [2.24, 2.45) is 5.73 Å². The van der Waals surface area contributed by atoms with Crippen molar-refractivity contribution >= 4 is 17.6 Å². The van der Waals surface area contributed by atoms with Crippen molar-refractivity contribution in [3.63, 3.8) is 0 Å². The monoisotopic (exact) mass is 234 g/mol. The summed E-state index contributed by atoms with van der Waals surface area (Å²) in [6.07, 6.45) is 0. The van der Waals surface area contributed by atoms with E-state index in [4.69, 9.17) is 5.73 Å². The number of nitrogens with two attached hydrogens (primary N) is 1. The highest BCUT2D eigenvalue weighted by Gasteiger charge is 2.24. The Hall–Kier alpha value is -1.95. The summed E-state index contributed by atoms with van der Waals surface area (Å²) >= 11 is 0. The minimum absolute atomic E-state index is 0.134. The summed E-state index contributed by atoms with van der Waals surface area (Å²) < 4.78 is 0. The summed E-state index contributed by atoms with van der Waals surface area (Å²) in [6.45, 7) is 2.45. The Morgan fingerprint density at radius 2 is 2.00 bits per heavy atom. The number of pyridine rings is 1. The molecule has 0 aliphatic carbocycles. The maximum atomic E-state index is 11.3. The quantitative estimate of drug-likeness (QED) is 0.661. The third kappa shape index (κ3) is 2.42. The Labute approximate surface area is 98.8 Å². The van der Waals surface area contributed by atoms with Gasteiger partial charge in [0.25, 0.3) is 0 Å².